The first-order chi connectivity index (χ1) is 17.7. The van der Waals surface area contributed by atoms with Gasteiger partial charge in [0.05, 0.1) is 5.56 Å². The van der Waals surface area contributed by atoms with Crippen LogP contribution in [0.2, 0.25) is 0 Å². The number of halogens is 1. The van der Waals surface area contributed by atoms with Gasteiger partial charge in [-0.2, -0.15) is 0 Å². The molecular formula is C31H29IN2O3. The molecule has 1 amide bonds. The predicted molar refractivity (Wildman–Crippen MR) is 158 cm³/mol. The van der Waals surface area contributed by atoms with Gasteiger partial charge < -0.3 is 15.4 Å². The van der Waals surface area contributed by atoms with Gasteiger partial charge in [0, 0.05) is 27.1 Å². The minimum Gasteiger partial charge on any atom is -0.423 e. The van der Waals surface area contributed by atoms with Crippen LogP contribution in [0.1, 0.15) is 48.5 Å². The van der Waals surface area contributed by atoms with E-state index in [0.717, 1.165) is 42.8 Å². The monoisotopic (exact) mass is 604 g/mol. The van der Waals surface area contributed by atoms with Crippen molar-refractivity contribution >= 4 is 45.8 Å². The first-order valence-electron chi connectivity index (χ1n) is 12.0. The first-order valence-corrected chi connectivity index (χ1v) is 13.1. The Balaban J connectivity index is 1.39. The fourth-order valence-electron chi connectivity index (χ4n) is 3.92. The van der Waals surface area contributed by atoms with Crippen molar-refractivity contribution in [1.82, 2.24) is 0 Å². The van der Waals surface area contributed by atoms with Crippen molar-refractivity contribution in [3.8, 4) is 5.75 Å². The smallest absolute Gasteiger partial charge is 0.343 e. The number of carbonyl (C=O) groups excluding carboxylic acids is 2. The number of hydrogen-bond acceptors (Lipinski definition) is 4. The van der Waals surface area contributed by atoms with E-state index in [1.54, 1.807) is 12.1 Å². The van der Waals surface area contributed by atoms with Gasteiger partial charge in [0.15, 0.2) is 0 Å². The van der Waals surface area contributed by atoms with Gasteiger partial charge in [-0.1, -0.05) is 29.8 Å². The van der Waals surface area contributed by atoms with E-state index in [2.05, 4.69) is 33.2 Å². The molecule has 4 aromatic rings. The quantitative estimate of drug-likeness (QED) is 0.130. The lowest BCUT2D eigenvalue weighted by Crippen LogP contribution is -2.13. The van der Waals surface area contributed by atoms with Crippen LogP contribution in [0.3, 0.4) is 0 Å². The Hall–Kier alpha value is -3.65. The summed E-state index contributed by atoms with van der Waals surface area (Å²) < 4.78 is 6.67. The number of anilines is 2. The van der Waals surface area contributed by atoms with Crippen molar-refractivity contribution in [3.63, 3.8) is 0 Å². The van der Waals surface area contributed by atoms with Gasteiger partial charge in [0.25, 0.3) is 5.91 Å². The standard InChI is InChI=1S/C31H29IN2O3/c1-19-5-8-24(9-6-19)30(35)34-28-17-20(2)27(16-21(28)3)33-18-23-7-14-29(22(4)15-23)37-31(36)25-10-12-26(32)13-11-25/h5-17,33H,18H2,1-4H3,(H,34,35). The van der Waals surface area contributed by atoms with Gasteiger partial charge in [0.1, 0.15) is 5.75 Å². The average Bonchev–Trinajstić information content (AvgIpc) is 2.87. The van der Waals surface area contributed by atoms with Gasteiger partial charge in [0.2, 0.25) is 0 Å². The van der Waals surface area contributed by atoms with Gasteiger partial charge >= 0.3 is 5.97 Å². The maximum absolute atomic E-state index is 12.6. The van der Waals surface area contributed by atoms with Crippen LogP contribution in [-0.2, 0) is 6.54 Å². The van der Waals surface area contributed by atoms with E-state index in [1.165, 1.54) is 0 Å². The maximum Gasteiger partial charge on any atom is 0.343 e. The number of hydrogen-bond donors (Lipinski definition) is 2. The molecule has 0 unspecified atom stereocenters. The summed E-state index contributed by atoms with van der Waals surface area (Å²) in [5, 5.41) is 6.51. The second-order valence-electron chi connectivity index (χ2n) is 9.15. The number of ether oxygens (including phenoxy) is 1. The molecule has 0 bridgehead atoms. The zero-order valence-electron chi connectivity index (χ0n) is 21.3. The highest BCUT2D eigenvalue weighted by atomic mass is 127. The largest absolute Gasteiger partial charge is 0.423 e. The number of carbonyl (C=O) groups is 2. The highest BCUT2D eigenvalue weighted by Gasteiger charge is 2.12. The Bertz CT molecular complexity index is 1450. The van der Waals surface area contributed by atoms with E-state index >= 15 is 0 Å². The van der Waals surface area contributed by atoms with E-state index in [1.807, 2.05) is 94.4 Å². The zero-order chi connectivity index (χ0) is 26.5. The molecule has 0 aliphatic heterocycles. The molecule has 0 radical (unpaired) electrons. The van der Waals surface area contributed by atoms with Crippen molar-refractivity contribution in [3.05, 3.63) is 121 Å². The molecule has 0 aliphatic carbocycles. The third-order valence-corrected chi connectivity index (χ3v) is 6.86. The molecule has 188 valence electrons. The molecule has 4 rings (SSSR count). The molecule has 37 heavy (non-hydrogen) atoms. The van der Waals surface area contributed by atoms with Crippen LogP contribution in [0.25, 0.3) is 0 Å². The average molecular weight is 604 g/mol. The SMILES string of the molecule is Cc1ccc(C(=O)Nc2cc(C)c(NCc3ccc(OC(=O)c4ccc(I)cc4)c(C)c3)cc2C)cc1. The van der Waals surface area contributed by atoms with E-state index < -0.39 is 0 Å². The number of amides is 1. The lowest BCUT2D eigenvalue weighted by molar-refractivity contribution is 0.0733. The molecule has 0 atom stereocenters. The van der Waals surface area contributed by atoms with Crippen LogP contribution in [0, 0.1) is 31.3 Å². The number of rotatable bonds is 7. The minimum atomic E-state index is -0.369. The second kappa shape index (κ2) is 11.6. The summed E-state index contributed by atoms with van der Waals surface area (Å²) in [7, 11) is 0. The molecule has 0 saturated carbocycles. The van der Waals surface area contributed by atoms with E-state index in [0.29, 0.717) is 23.4 Å². The van der Waals surface area contributed by atoms with Crippen LogP contribution in [0.5, 0.6) is 5.75 Å². The first kappa shape index (κ1) is 26.4. The highest BCUT2D eigenvalue weighted by Crippen LogP contribution is 2.26. The van der Waals surface area contributed by atoms with Crippen molar-refractivity contribution < 1.29 is 14.3 Å². The zero-order valence-corrected chi connectivity index (χ0v) is 23.5. The summed E-state index contributed by atoms with van der Waals surface area (Å²) in [5.74, 6) is 0.0560. The van der Waals surface area contributed by atoms with Crippen LogP contribution in [0.15, 0.2) is 78.9 Å². The third-order valence-electron chi connectivity index (χ3n) is 6.14. The topological polar surface area (TPSA) is 67.4 Å². The van der Waals surface area contributed by atoms with E-state index in [9.17, 15) is 9.59 Å². The number of aryl methyl sites for hydroxylation is 4. The van der Waals surface area contributed by atoms with Crippen LogP contribution >= 0.6 is 22.6 Å². The summed E-state index contributed by atoms with van der Waals surface area (Å²) in [6.45, 7) is 8.54. The van der Waals surface area contributed by atoms with Crippen LogP contribution < -0.4 is 15.4 Å². The Labute approximate surface area is 231 Å². The molecule has 0 aromatic heterocycles. The summed E-state index contributed by atoms with van der Waals surface area (Å²) in [4.78, 5) is 25.1. The molecule has 0 heterocycles. The van der Waals surface area contributed by atoms with Crippen molar-refractivity contribution in [2.75, 3.05) is 10.6 Å². The lowest BCUT2D eigenvalue weighted by atomic mass is 10.1. The van der Waals surface area contributed by atoms with Gasteiger partial charge in [-0.25, -0.2) is 4.79 Å². The maximum atomic E-state index is 12.6. The Morgan fingerprint density at radius 1 is 0.730 bits per heavy atom. The van der Waals surface area contributed by atoms with E-state index in [-0.39, 0.29) is 11.9 Å². The molecule has 4 aromatic carbocycles. The predicted octanol–water partition coefficient (Wildman–Crippen LogP) is 7.61. The fraction of sp³-hybridized carbons (Fsp3) is 0.161. The van der Waals surface area contributed by atoms with E-state index in [4.69, 9.17) is 4.74 Å². The Morgan fingerprint density at radius 2 is 1.35 bits per heavy atom. The normalized spacial score (nSPS) is 10.6. The minimum absolute atomic E-state index is 0.124. The number of esters is 1. The summed E-state index contributed by atoms with van der Waals surface area (Å²) in [6, 6.07) is 24.7. The second-order valence-corrected chi connectivity index (χ2v) is 10.4. The van der Waals surface area contributed by atoms with Crippen LogP contribution in [0.4, 0.5) is 11.4 Å². The molecule has 2 N–H and O–H groups in total. The summed E-state index contributed by atoms with van der Waals surface area (Å²) in [6.07, 6.45) is 0. The summed E-state index contributed by atoms with van der Waals surface area (Å²) >= 11 is 2.20. The third kappa shape index (κ3) is 6.77. The van der Waals surface area contributed by atoms with Crippen molar-refractivity contribution in [2.45, 2.75) is 34.2 Å². The van der Waals surface area contributed by atoms with Crippen LogP contribution in [-0.4, -0.2) is 11.9 Å². The molecule has 6 heteroatoms. The molecular weight excluding hydrogens is 575 g/mol. The Kier molecular flexibility index (Phi) is 8.28. The number of benzene rings is 4. The van der Waals surface area contributed by atoms with Gasteiger partial charge in [-0.15, -0.1) is 0 Å². The fourth-order valence-corrected chi connectivity index (χ4v) is 4.28. The molecule has 0 spiro atoms. The van der Waals surface area contributed by atoms with Gasteiger partial charge in [-0.3, -0.25) is 4.79 Å². The summed E-state index contributed by atoms with van der Waals surface area (Å²) in [5.41, 5.74) is 8.03. The Morgan fingerprint density at radius 3 is 2.03 bits per heavy atom. The molecule has 5 nitrogen and oxygen atoms in total. The van der Waals surface area contributed by atoms with Crippen molar-refractivity contribution in [1.29, 1.82) is 0 Å². The highest BCUT2D eigenvalue weighted by molar-refractivity contribution is 14.1. The molecule has 0 saturated heterocycles. The van der Waals surface area contributed by atoms with Crippen molar-refractivity contribution in [2.24, 2.45) is 0 Å². The lowest BCUT2D eigenvalue weighted by Gasteiger charge is -2.16. The molecule has 0 aliphatic rings. The number of nitrogens with one attached hydrogen (secondary N) is 2. The molecule has 0 fully saturated rings. The van der Waals surface area contributed by atoms with Gasteiger partial charge in [-0.05, 0) is 127 Å².